The minimum Gasteiger partial charge on any atom is -0.352 e. The van der Waals surface area contributed by atoms with E-state index < -0.39 is 0 Å². The number of carbonyl (C=O) groups excluding carboxylic acids is 1. The Labute approximate surface area is 210 Å². The number of nitrogens with zero attached hydrogens (tertiary/aromatic N) is 3. The lowest BCUT2D eigenvalue weighted by molar-refractivity contribution is -0.116. The topological polar surface area (TPSA) is 62.2 Å². The fourth-order valence-electron chi connectivity index (χ4n) is 4.57. The molecule has 0 bridgehead atoms. The molecule has 0 aliphatic carbocycles. The molecule has 2 aromatic carbocycles. The number of para-hydroxylation sites is 2. The van der Waals surface area contributed by atoms with Crippen LogP contribution in [0, 0.1) is 6.92 Å². The van der Waals surface area contributed by atoms with Gasteiger partial charge in [-0.1, -0.05) is 42.5 Å². The first-order valence-electron chi connectivity index (χ1n) is 11.7. The molecule has 0 unspecified atom stereocenters. The molecule has 4 aromatic rings. The molecule has 1 saturated heterocycles. The van der Waals surface area contributed by atoms with Gasteiger partial charge in [0.2, 0.25) is 5.91 Å². The molecule has 0 saturated carbocycles. The molecule has 6 nitrogen and oxygen atoms in total. The van der Waals surface area contributed by atoms with Crippen molar-refractivity contribution in [1.29, 1.82) is 0 Å². The number of hydrogen-bond acceptors (Lipinski definition) is 3. The summed E-state index contributed by atoms with van der Waals surface area (Å²) in [6.07, 6.45) is 4.17. The van der Waals surface area contributed by atoms with Gasteiger partial charge in [-0.2, -0.15) is 0 Å². The van der Waals surface area contributed by atoms with Crippen LogP contribution in [-0.2, 0) is 4.79 Å². The highest BCUT2D eigenvalue weighted by molar-refractivity contribution is 7.80. The Morgan fingerprint density at radius 3 is 2.54 bits per heavy atom. The summed E-state index contributed by atoms with van der Waals surface area (Å²) in [6.45, 7) is 2.47. The minimum atomic E-state index is -0.138. The van der Waals surface area contributed by atoms with Gasteiger partial charge < -0.3 is 20.1 Å². The van der Waals surface area contributed by atoms with Crippen LogP contribution >= 0.6 is 12.2 Å². The summed E-state index contributed by atoms with van der Waals surface area (Å²) in [5.41, 5.74) is 4.93. The van der Waals surface area contributed by atoms with Gasteiger partial charge in [0.05, 0.1) is 17.8 Å². The van der Waals surface area contributed by atoms with E-state index in [1.54, 1.807) is 6.20 Å². The smallest absolute Gasteiger partial charge is 0.226 e. The third kappa shape index (κ3) is 4.81. The maximum absolute atomic E-state index is 12.8. The SMILES string of the molecule is Cc1ccccc1NC(=O)CCN1C(=S)N[C@H](c2ccccn2)[C@@H]1c1cccn1-c1ccccc1. The number of carbonyl (C=O) groups is 1. The summed E-state index contributed by atoms with van der Waals surface area (Å²) in [4.78, 5) is 19.6. The van der Waals surface area contributed by atoms with Crippen LogP contribution in [0.4, 0.5) is 5.69 Å². The van der Waals surface area contributed by atoms with Crippen molar-refractivity contribution in [2.75, 3.05) is 11.9 Å². The van der Waals surface area contributed by atoms with Crippen LogP contribution in [0.3, 0.4) is 0 Å². The van der Waals surface area contributed by atoms with Crippen LogP contribution < -0.4 is 10.6 Å². The van der Waals surface area contributed by atoms with E-state index in [0.717, 1.165) is 28.3 Å². The number of pyridine rings is 1. The number of rotatable bonds is 7. The van der Waals surface area contributed by atoms with E-state index in [2.05, 4.69) is 49.5 Å². The fourth-order valence-corrected chi connectivity index (χ4v) is 4.91. The van der Waals surface area contributed by atoms with E-state index in [4.69, 9.17) is 12.2 Å². The van der Waals surface area contributed by atoms with Crippen LogP contribution in [0.5, 0.6) is 0 Å². The van der Waals surface area contributed by atoms with Gasteiger partial charge in [0.1, 0.15) is 0 Å². The number of benzene rings is 2. The van der Waals surface area contributed by atoms with Gasteiger partial charge in [-0.05, 0) is 67.2 Å². The van der Waals surface area contributed by atoms with Gasteiger partial charge >= 0.3 is 0 Å². The highest BCUT2D eigenvalue weighted by atomic mass is 32.1. The number of hydrogen-bond donors (Lipinski definition) is 2. The summed E-state index contributed by atoms with van der Waals surface area (Å²) in [7, 11) is 0. The third-order valence-electron chi connectivity index (χ3n) is 6.31. The number of aromatic nitrogens is 2. The Balaban J connectivity index is 1.44. The van der Waals surface area contributed by atoms with E-state index in [-0.39, 0.29) is 18.0 Å². The zero-order chi connectivity index (χ0) is 24.2. The van der Waals surface area contributed by atoms with Crippen LogP contribution in [-0.4, -0.2) is 32.0 Å². The quantitative estimate of drug-likeness (QED) is 0.356. The number of nitrogens with one attached hydrogen (secondary N) is 2. The molecule has 1 aliphatic heterocycles. The standard InChI is InChI=1S/C28H27N5OS/c1-20-10-5-6-13-22(20)30-25(34)16-19-33-27(26(31-28(33)35)23-14-7-8-17-29-23)24-15-9-18-32(24)21-11-3-2-4-12-21/h2-15,17-18,26-27H,16,19H2,1H3,(H,30,34)(H,31,35)/t26-,27+/m1/s1. The molecule has 2 atom stereocenters. The Hall–Kier alpha value is -3.97. The fraction of sp³-hybridized carbons (Fsp3) is 0.179. The Morgan fingerprint density at radius 1 is 1.00 bits per heavy atom. The average molecular weight is 482 g/mol. The van der Waals surface area contributed by atoms with Gasteiger partial charge in [0, 0.05) is 42.4 Å². The Kier molecular flexibility index (Phi) is 6.59. The normalized spacial score (nSPS) is 17.3. The maximum Gasteiger partial charge on any atom is 0.226 e. The molecule has 3 heterocycles. The molecule has 7 heteroatoms. The Morgan fingerprint density at radius 2 is 1.77 bits per heavy atom. The lowest BCUT2D eigenvalue weighted by Crippen LogP contribution is -2.33. The van der Waals surface area contributed by atoms with Crippen molar-refractivity contribution in [1.82, 2.24) is 19.8 Å². The summed E-state index contributed by atoms with van der Waals surface area (Å²) >= 11 is 5.78. The molecule has 1 fully saturated rings. The van der Waals surface area contributed by atoms with Gasteiger partial charge in [-0.25, -0.2) is 0 Å². The van der Waals surface area contributed by atoms with Gasteiger partial charge in [-0.3, -0.25) is 9.78 Å². The van der Waals surface area contributed by atoms with Crippen molar-refractivity contribution in [3.8, 4) is 5.69 Å². The van der Waals surface area contributed by atoms with E-state index >= 15 is 0 Å². The first-order chi connectivity index (χ1) is 17.1. The predicted molar refractivity (Wildman–Crippen MR) is 142 cm³/mol. The second-order valence-corrected chi connectivity index (χ2v) is 8.96. The van der Waals surface area contributed by atoms with Crippen molar-refractivity contribution in [3.05, 3.63) is 114 Å². The molecule has 2 N–H and O–H groups in total. The van der Waals surface area contributed by atoms with Crippen LogP contribution in [0.15, 0.2) is 97.3 Å². The second-order valence-electron chi connectivity index (χ2n) is 8.57. The number of anilines is 1. The third-order valence-corrected chi connectivity index (χ3v) is 6.67. The molecule has 176 valence electrons. The molecule has 35 heavy (non-hydrogen) atoms. The first-order valence-corrected chi connectivity index (χ1v) is 12.1. The summed E-state index contributed by atoms with van der Waals surface area (Å²) in [6, 6.07) is 27.8. The van der Waals surface area contributed by atoms with Crippen molar-refractivity contribution < 1.29 is 4.79 Å². The molecular formula is C28H27N5OS. The number of thiocarbonyl (C=S) groups is 1. The minimum absolute atomic E-state index is 0.0411. The summed E-state index contributed by atoms with van der Waals surface area (Å²) in [5, 5.41) is 7.12. The second kappa shape index (κ2) is 10.1. The van der Waals surface area contributed by atoms with Crippen LogP contribution in [0.1, 0.15) is 35.5 Å². The number of amides is 1. The molecule has 1 amide bonds. The lowest BCUT2D eigenvalue weighted by Gasteiger charge is -2.29. The average Bonchev–Trinajstić information content (AvgIpc) is 3.49. The molecule has 0 spiro atoms. The lowest BCUT2D eigenvalue weighted by atomic mass is 10.0. The number of aryl methyl sites for hydroxylation is 1. The predicted octanol–water partition coefficient (Wildman–Crippen LogP) is 5.18. The van der Waals surface area contributed by atoms with E-state index in [1.165, 1.54) is 0 Å². The summed E-state index contributed by atoms with van der Waals surface area (Å²) < 4.78 is 2.18. The molecular weight excluding hydrogens is 454 g/mol. The van der Waals surface area contributed by atoms with Gasteiger partial charge in [0.25, 0.3) is 0 Å². The van der Waals surface area contributed by atoms with Crippen molar-refractivity contribution in [2.24, 2.45) is 0 Å². The summed E-state index contributed by atoms with van der Waals surface area (Å²) in [5.74, 6) is -0.0411. The van der Waals surface area contributed by atoms with Crippen molar-refractivity contribution in [3.63, 3.8) is 0 Å². The highest BCUT2D eigenvalue weighted by Crippen LogP contribution is 2.39. The molecule has 5 rings (SSSR count). The zero-order valence-electron chi connectivity index (χ0n) is 19.5. The van der Waals surface area contributed by atoms with Crippen molar-refractivity contribution >= 4 is 28.9 Å². The van der Waals surface area contributed by atoms with Crippen molar-refractivity contribution in [2.45, 2.75) is 25.4 Å². The van der Waals surface area contributed by atoms with Gasteiger partial charge in [0.15, 0.2) is 5.11 Å². The Bertz CT molecular complexity index is 1320. The largest absolute Gasteiger partial charge is 0.352 e. The van der Waals surface area contributed by atoms with Crippen LogP contribution in [0.25, 0.3) is 5.69 Å². The van der Waals surface area contributed by atoms with E-state index in [0.29, 0.717) is 18.1 Å². The molecule has 2 aromatic heterocycles. The zero-order valence-corrected chi connectivity index (χ0v) is 20.3. The highest BCUT2D eigenvalue weighted by Gasteiger charge is 2.41. The molecule has 1 aliphatic rings. The van der Waals surface area contributed by atoms with E-state index in [1.807, 2.05) is 73.7 Å². The monoisotopic (exact) mass is 481 g/mol. The first kappa shape index (κ1) is 22.8. The van der Waals surface area contributed by atoms with Crippen LogP contribution in [0.2, 0.25) is 0 Å². The van der Waals surface area contributed by atoms with E-state index in [9.17, 15) is 4.79 Å². The maximum atomic E-state index is 12.8. The van der Waals surface area contributed by atoms with Gasteiger partial charge in [-0.15, -0.1) is 0 Å². The molecule has 0 radical (unpaired) electrons.